The van der Waals surface area contributed by atoms with Crippen molar-refractivity contribution in [2.24, 2.45) is 0 Å². The van der Waals surface area contributed by atoms with Gasteiger partial charge in [0.1, 0.15) is 5.75 Å². The van der Waals surface area contributed by atoms with E-state index in [0.717, 1.165) is 4.90 Å². The van der Waals surface area contributed by atoms with Gasteiger partial charge in [-0.1, -0.05) is 18.2 Å². The molecule has 0 spiro atoms. The molecule has 0 radical (unpaired) electrons. The molecule has 0 aromatic heterocycles. The minimum absolute atomic E-state index is 0.284. The molecule has 0 atom stereocenters. The number of nitrogens with zero attached hydrogens (tertiary/aromatic N) is 1. The fourth-order valence-electron chi connectivity index (χ4n) is 2.55. The van der Waals surface area contributed by atoms with E-state index in [9.17, 15) is 14.4 Å². The number of rotatable bonds is 4. The number of hydrogen-bond acceptors (Lipinski definition) is 4. The molecule has 1 aliphatic heterocycles. The Balaban J connectivity index is 1.78. The summed E-state index contributed by atoms with van der Waals surface area (Å²) in [5.74, 6) is -0.498. The first-order chi connectivity index (χ1) is 11.8. The Morgan fingerprint density at radius 1 is 1.00 bits per heavy atom. The van der Waals surface area contributed by atoms with Crippen LogP contribution in [0.15, 0.2) is 48.5 Å². The highest BCUT2D eigenvalue weighted by Gasteiger charge is 2.34. The molecule has 3 amide bonds. The second-order valence-corrected chi connectivity index (χ2v) is 6.31. The fourth-order valence-corrected chi connectivity index (χ4v) is 2.55. The topological polar surface area (TPSA) is 75.7 Å². The lowest BCUT2D eigenvalue weighted by molar-refractivity contribution is -0.128. The first kappa shape index (κ1) is 16.7. The number of anilines is 1. The van der Waals surface area contributed by atoms with E-state index in [2.05, 4.69) is 5.32 Å². The zero-order chi connectivity index (χ0) is 18.2. The highest BCUT2D eigenvalue weighted by atomic mass is 16.5. The molecule has 6 heteroatoms. The van der Waals surface area contributed by atoms with Crippen LogP contribution in [0.5, 0.6) is 5.75 Å². The van der Waals surface area contributed by atoms with E-state index in [-0.39, 0.29) is 23.3 Å². The number of fused-ring (bicyclic) bond motifs is 1. The summed E-state index contributed by atoms with van der Waals surface area (Å²) in [4.78, 5) is 37.6. The Bertz CT molecular complexity index is 859. The van der Waals surface area contributed by atoms with Crippen molar-refractivity contribution in [1.82, 2.24) is 4.90 Å². The molecule has 25 heavy (non-hydrogen) atoms. The zero-order valence-corrected chi connectivity index (χ0v) is 14.2. The summed E-state index contributed by atoms with van der Waals surface area (Å²) in [7, 11) is 1.43. The van der Waals surface area contributed by atoms with Crippen molar-refractivity contribution in [2.75, 3.05) is 12.4 Å². The van der Waals surface area contributed by atoms with Gasteiger partial charge >= 0.3 is 0 Å². The van der Waals surface area contributed by atoms with E-state index in [1.54, 1.807) is 38.1 Å². The lowest BCUT2D eigenvalue weighted by Crippen LogP contribution is -2.42. The van der Waals surface area contributed by atoms with Crippen molar-refractivity contribution >= 4 is 23.4 Å². The second-order valence-electron chi connectivity index (χ2n) is 6.31. The Hall–Kier alpha value is -3.15. The number of amides is 3. The predicted octanol–water partition coefficient (Wildman–Crippen LogP) is 2.71. The van der Waals surface area contributed by atoms with Crippen molar-refractivity contribution < 1.29 is 19.1 Å². The normalized spacial score (nSPS) is 13.6. The van der Waals surface area contributed by atoms with Crippen molar-refractivity contribution in [3.63, 3.8) is 0 Å². The monoisotopic (exact) mass is 338 g/mol. The Morgan fingerprint density at radius 2 is 1.64 bits per heavy atom. The number of carbonyl (C=O) groups excluding carboxylic acids is 3. The predicted molar refractivity (Wildman–Crippen MR) is 92.6 cm³/mol. The first-order valence-electron chi connectivity index (χ1n) is 7.81. The van der Waals surface area contributed by atoms with Gasteiger partial charge in [-0.05, 0) is 44.2 Å². The maximum atomic E-state index is 12.6. The highest BCUT2D eigenvalue weighted by molar-refractivity contribution is 6.21. The fraction of sp³-hybridized carbons (Fsp3) is 0.211. The summed E-state index contributed by atoms with van der Waals surface area (Å²) in [6.45, 7) is 3.32. The van der Waals surface area contributed by atoms with E-state index < -0.39 is 5.60 Å². The van der Waals surface area contributed by atoms with Gasteiger partial charge in [-0.15, -0.1) is 0 Å². The summed E-state index contributed by atoms with van der Waals surface area (Å²) in [5, 5.41) is 2.74. The lowest BCUT2D eigenvalue weighted by atomic mass is 10.1. The molecule has 1 N–H and O–H groups in total. The van der Waals surface area contributed by atoms with Gasteiger partial charge in [-0.3, -0.25) is 19.3 Å². The van der Waals surface area contributed by atoms with Crippen molar-refractivity contribution in [2.45, 2.75) is 19.4 Å². The average Bonchev–Trinajstić information content (AvgIpc) is 2.80. The molecule has 0 bridgehead atoms. The number of benzene rings is 2. The molecule has 0 saturated heterocycles. The molecule has 2 aromatic carbocycles. The van der Waals surface area contributed by atoms with E-state index in [4.69, 9.17) is 4.74 Å². The van der Waals surface area contributed by atoms with Gasteiger partial charge in [-0.2, -0.15) is 0 Å². The minimum Gasteiger partial charge on any atom is -0.478 e. The van der Waals surface area contributed by atoms with Crippen LogP contribution in [0.3, 0.4) is 0 Å². The summed E-state index contributed by atoms with van der Waals surface area (Å²) < 4.78 is 5.74. The van der Waals surface area contributed by atoms with Crippen LogP contribution in [0.4, 0.5) is 5.69 Å². The number of hydrogen-bond donors (Lipinski definition) is 1. The van der Waals surface area contributed by atoms with Crippen LogP contribution in [0.25, 0.3) is 0 Å². The third-order valence-electron chi connectivity index (χ3n) is 4.01. The second kappa shape index (κ2) is 6.05. The third-order valence-corrected chi connectivity index (χ3v) is 4.01. The summed E-state index contributed by atoms with van der Waals surface area (Å²) in [6, 6.07) is 13.7. The molecule has 6 nitrogen and oxygen atoms in total. The SMILES string of the molecule is CN1C(=O)c2ccc(NC(=O)C(C)(C)Oc3ccccc3)cc2C1=O. The number of carbonyl (C=O) groups is 3. The van der Waals surface area contributed by atoms with E-state index in [0.29, 0.717) is 17.0 Å². The molecule has 0 aliphatic carbocycles. The van der Waals surface area contributed by atoms with Gasteiger partial charge in [0.25, 0.3) is 17.7 Å². The van der Waals surface area contributed by atoms with E-state index in [1.165, 1.54) is 13.1 Å². The Kier molecular flexibility index (Phi) is 4.04. The minimum atomic E-state index is -1.11. The standard InChI is InChI=1S/C19H18N2O4/c1-19(2,25-13-7-5-4-6-8-13)18(24)20-12-9-10-14-15(11-12)17(23)21(3)16(14)22/h4-11H,1-3H3,(H,20,24). The lowest BCUT2D eigenvalue weighted by Gasteiger charge is -2.25. The average molecular weight is 338 g/mol. The van der Waals surface area contributed by atoms with E-state index >= 15 is 0 Å². The van der Waals surface area contributed by atoms with Crippen molar-refractivity contribution in [3.05, 3.63) is 59.7 Å². The number of ether oxygens (including phenoxy) is 1. The maximum absolute atomic E-state index is 12.6. The molecular formula is C19H18N2O4. The van der Waals surface area contributed by atoms with Crippen LogP contribution in [0.2, 0.25) is 0 Å². The summed E-state index contributed by atoms with van der Waals surface area (Å²) in [6.07, 6.45) is 0. The van der Waals surface area contributed by atoms with E-state index in [1.807, 2.05) is 18.2 Å². The molecule has 1 heterocycles. The Morgan fingerprint density at radius 3 is 2.32 bits per heavy atom. The largest absolute Gasteiger partial charge is 0.478 e. The molecule has 0 unspecified atom stereocenters. The maximum Gasteiger partial charge on any atom is 0.267 e. The molecule has 3 rings (SSSR count). The smallest absolute Gasteiger partial charge is 0.267 e. The Labute approximate surface area is 145 Å². The number of para-hydroxylation sites is 1. The van der Waals surface area contributed by atoms with Crippen LogP contribution in [0.1, 0.15) is 34.6 Å². The first-order valence-corrected chi connectivity index (χ1v) is 7.81. The van der Waals surface area contributed by atoms with Crippen LogP contribution < -0.4 is 10.1 Å². The number of imide groups is 1. The molecule has 1 aliphatic rings. The highest BCUT2D eigenvalue weighted by Crippen LogP contribution is 2.26. The van der Waals surface area contributed by atoms with Gasteiger partial charge in [0.05, 0.1) is 11.1 Å². The third kappa shape index (κ3) is 3.10. The van der Waals surface area contributed by atoms with Crippen LogP contribution in [0, 0.1) is 0 Å². The van der Waals surface area contributed by atoms with Gasteiger partial charge in [0.2, 0.25) is 0 Å². The molecule has 2 aromatic rings. The van der Waals surface area contributed by atoms with Crippen LogP contribution >= 0.6 is 0 Å². The molecule has 0 fully saturated rings. The van der Waals surface area contributed by atoms with Crippen molar-refractivity contribution in [1.29, 1.82) is 0 Å². The zero-order valence-electron chi connectivity index (χ0n) is 14.2. The van der Waals surface area contributed by atoms with Gasteiger partial charge < -0.3 is 10.1 Å². The molecule has 0 saturated carbocycles. The van der Waals surface area contributed by atoms with Gasteiger partial charge in [0.15, 0.2) is 5.60 Å². The summed E-state index contributed by atoms with van der Waals surface area (Å²) in [5.41, 5.74) is -0.0564. The van der Waals surface area contributed by atoms with Gasteiger partial charge in [0, 0.05) is 12.7 Å². The quantitative estimate of drug-likeness (QED) is 0.870. The van der Waals surface area contributed by atoms with Crippen LogP contribution in [-0.2, 0) is 4.79 Å². The number of nitrogens with one attached hydrogen (secondary N) is 1. The van der Waals surface area contributed by atoms with Gasteiger partial charge in [-0.25, -0.2) is 0 Å². The molecule has 128 valence electrons. The molecular weight excluding hydrogens is 320 g/mol. The van der Waals surface area contributed by atoms with Crippen molar-refractivity contribution in [3.8, 4) is 5.75 Å². The van der Waals surface area contributed by atoms with Crippen LogP contribution in [-0.4, -0.2) is 35.3 Å². The summed E-state index contributed by atoms with van der Waals surface area (Å²) >= 11 is 0.